The largest absolute Gasteiger partial charge is 0.326 e. The Morgan fingerprint density at radius 2 is 2.11 bits per heavy atom. The average Bonchev–Trinajstić information content (AvgIpc) is 2.86. The van der Waals surface area contributed by atoms with E-state index in [1.54, 1.807) is 0 Å². The SMILES string of the molecule is N#Cc1nc(-c2cccc(CN)c2)n2ccccc12. The Labute approximate surface area is 110 Å². The van der Waals surface area contributed by atoms with Crippen molar-refractivity contribution in [1.29, 1.82) is 5.26 Å². The first-order valence-electron chi connectivity index (χ1n) is 6.00. The minimum Gasteiger partial charge on any atom is -0.326 e. The number of nitrogens with two attached hydrogens (primary N) is 1. The second-order valence-corrected chi connectivity index (χ2v) is 4.26. The molecule has 0 spiro atoms. The number of hydrogen-bond donors (Lipinski definition) is 1. The second-order valence-electron chi connectivity index (χ2n) is 4.26. The summed E-state index contributed by atoms with van der Waals surface area (Å²) in [7, 11) is 0. The Balaban J connectivity index is 2.28. The van der Waals surface area contributed by atoms with Crippen molar-refractivity contribution in [3.05, 3.63) is 59.9 Å². The van der Waals surface area contributed by atoms with Crippen LogP contribution in [-0.4, -0.2) is 9.38 Å². The van der Waals surface area contributed by atoms with Gasteiger partial charge in [-0.3, -0.25) is 4.40 Å². The zero-order valence-corrected chi connectivity index (χ0v) is 10.2. The second kappa shape index (κ2) is 4.56. The Hall–Kier alpha value is -2.64. The summed E-state index contributed by atoms with van der Waals surface area (Å²) in [5.41, 5.74) is 8.93. The molecule has 0 saturated carbocycles. The van der Waals surface area contributed by atoms with Crippen LogP contribution in [0.15, 0.2) is 48.7 Å². The van der Waals surface area contributed by atoms with Crippen LogP contribution < -0.4 is 5.73 Å². The van der Waals surface area contributed by atoms with Gasteiger partial charge in [-0.25, -0.2) is 4.98 Å². The highest BCUT2D eigenvalue weighted by Gasteiger charge is 2.11. The number of nitriles is 1. The van der Waals surface area contributed by atoms with Gasteiger partial charge >= 0.3 is 0 Å². The summed E-state index contributed by atoms with van der Waals surface area (Å²) >= 11 is 0. The molecule has 1 aromatic carbocycles. The first-order valence-corrected chi connectivity index (χ1v) is 6.00. The summed E-state index contributed by atoms with van der Waals surface area (Å²) in [6, 6.07) is 15.8. The normalized spacial score (nSPS) is 10.5. The van der Waals surface area contributed by atoms with Crippen LogP contribution in [0.4, 0.5) is 0 Å². The van der Waals surface area contributed by atoms with E-state index in [0.29, 0.717) is 12.2 Å². The van der Waals surface area contributed by atoms with Crippen LogP contribution >= 0.6 is 0 Å². The Morgan fingerprint density at radius 1 is 1.21 bits per heavy atom. The van der Waals surface area contributed by atoms with E-state index in [-0.39, 0.29) is 0 Å². The fraction of sp³-hybridized carbons (Fsp3) is 0.0667. The number of pyridine rings is 1. The maximum absolute atomic E-state index is 9.15. The van der Waals surface area contributed by atoms with E-state index in [2.05, 4.69) is 11.1 Å². The molecule has 0 atom stereocenters. The maximum atomic E-state index is 9.15. The summed E-state index contributed by atoms with van der Waals surface area (Å²) in [5, 5.41) is 9.15. The van der Waals surface area contributed by atoms with Gasteiger partial charge in [0.1, 0.15) is 11.9 Å². The lowest BCUT2D eigenvalue weighted by atomic mass is 10.1. The Morgan fingerprint density at radius 3 is 2.89 bits per heavy atom. The van der Waals surface area contributed by atoms with E-state index in [0.717, 1.165) is 22.5 Å². The molecule has 2 aromatic heterocycles. The van der Waals surface area contributed by atoms with E-state index in [9.17, 15) is 0 Å². The fourth-order valence-electron chi connectivity index (χ4n) is 2.16. The van der Waals surface area contributed by atoms with Gasteiger partial charge in [-0.05, 0) is 23.8 Å². The third-order valence-electron chi connectivity index (χ3n) is 3.08. The third kappa shape index (κ3) is 1.86. The molecule has 92 valence electrons. The smallest absolute Gasteiger partial charge is 0.166 e. The summed E-state index contributed by atoms with van der Waals surface area (Å²) < 4.78 is 1.92. The molecule has 0 amide bonds. The predicted molar refractivity (Wildman–Crippen MR) is 73.2 cm³/mol. The monoisotopic (exact) mass is 248 g/mol. The van der Waals surface area contributed by atoms with Crippen molar-refractivity contribution in [3.8, 4) is 17.5 Å². The van der Waals surface area contributed by atoms with Crippen molar-refractivity contribution in [2.24, 2.45) is 5.73 Å². The highest BCUT2D eigenvalue weighted by molar-refractivity contribution is 5.68. The third-order valence-corrected chi connectivity index (χ3v) is 3.08. The number of benzene rings is 1. The van der Waals surface area contributed by atoms with Gasteiger partial charge in [0.05, 0.1) is 5.52 Å². The van der Waals surface area contributed by atoms with Crippen LogP contribution in [0.2, 0.25) is 0 Å². The summed E-state index contributed by atoms with van der Waals surface area (Å²) in [6.07, 6.45) is 1.91. The maximum Gasteiger partial charge on any atom is 0.166 e. The van der Waals surface area contributed by atoms with Crippen LogP contribution in [0.5, 0.6) is 0 Å². The van der Waals surface area contributed by atoms with Gasteiger partial charge in [-0.1, -0.05) is 24.3 Å². The quantitative estimate of drug-likeness (QED) is 0.756. The van der Waals surface area contributed by atoms with E-state index in [1.165, 1.54) is 0 Å². The average molecular weight is 248 g/mol. The van der Waals surface area contributed by atoms with Crippen LogP contribution in [-0.2, 0) is 6.54 Å². The van der Waals surface area contributed by atoms with Gasteiger partial charge in [0.25, 0.3) is 0 Å². The number of imidazole rings is 1. The van der Waals surface area contributed by atoms with E-state index >= 15 is 0 Å². The predicted octanol–water partition coefficient (Wildman–Crippen LogP) is 2.33. The van der Waals surface area contributed by atoms with Gasteiger partial charge in [-0.2, -0.15) is 5.26 Å². The van der Waals surface area contributed by atoms with E-state index in [1.807, 2.05) is 53.1 Å². The van der Waals surface area contributed by atoms with E-state index in [4.69, 9.17) is 11.0 Å². The van der Waals surface area contributed by atoms with Crippen molar-refractivity contribution in [2.75, 3.05) is 0 Å². The lowest BCUT2D eigenvalue weighted by Crippen LogP contribution is -1.96. The van der Waals surface area contributed by atoms with Gasteiger partial charge in [0.15, 0.2) is 5.69 Å². The van der Waals surface area contributed by atoms with Gasteiger partial charge in [-0.15, -0.1) is 0 Å². The molecule has 0 unspecified atom stereocenters. The van der Waals surface area contributed by atoms with Crippen LogP contribution in [0.3, 0.4) is 0 Å². The van der Waals surface area contributed by atoms with Crippen molar-refractivity contribution in [3.63, 3.8) is 0 Å². The molecule has 19 heavy (non-hydrogen) atoms. The minimum atomic E-state index is 0.439. The molecule has 0 radical (unpaired) electrons. The first kappa shape index (κ1) is 11.5. The van der Waals surface area contributed by atoms with Crippen molar-refractivity contribution in [2.45, 2.75) is 6.54 Å². The number of aromatic nitrogens is 2. The molecule has 0 saturated heterocycles. The topological polar surface area (TPSA) is 67.1 Å². The van der Waals surface area contributed by atoms with Crippen LogP contribution in [0.25, 0.3) is 16.9 Å². The van der Waals surface area contributed by atoms with Crippen LogP contribution in [0.1, 0.15) is 11.3 Å². The summed E-state index contributed by atoms with van der Waals surface area (Å²) in [6.45, 7) is 0.488. The first-order chi connectivity index (χ1) is 9.33. The van der Waals surface area contributed by atoms with Crippen molar-refractivity contribution < 1.29 is 0 Å². The zero-order valence-electron chi connectivity index (χ0n) is 10.2. The summed E-state index contributed by atoms with van der Waals surface area (Å²) in [5.74, 6) is 0.766. The lowest BCUT2D eigenvalue weighted by Gasteiger charge is -2.03. The highest BCUT2D eigenvalue weighted by atomic mass is 15.0. The molecular weight excluding hydrogens is 236 g/mol. The number of hydrogen-bond acceptors (Lipinski definition) is 3. The molecular formula is C15H12N4. The summed E-state index contributed by atoms with van der Waals surface area (Å²) in [4.78, 5) is 4.41. The number of rotatable bonds is 2. The van der Waals surface area contributed by atoms with Crippen molar-refractivity contribution >= 4 is 5.52 Å². The Bertz CT molecular complexity index is 780. The minimum absolute atomic E-state index is 0.439. The fourth-order valence-corrected chi connectivity index (χ4v) is 2.16. The molecule has 2 heterocycles. The molecule has 3 aromatic rings. The van der Waals surface area contributed by atoms with Gasteiger partial charge < -0.3 is 5.73 Å². The number of nitrogens with zero attached hydrogens (tertiary/aromatic N) is 3. The molecule has 2 N–H and O–H groups in total. The standard InChI is InChI=1S/C15H12N4/c16-9-11-4-3-5-12(8-11)15-18-13(10-17)14-6-1-2-7-19(14)15/h1-8H,9,16H2. The molecule has 3 rings (SSSR count). The van der Waals surface area contributed by atoms with Crippen molar-refractivity contribution in [1.82, 2.24) is 9.38 Å². The molecule has 4 nitrogen and oxygen atoms in total. The van der Waals surface area contributed by atoms with Gasteiger partial charge in [0, 0.05) is 18.3 Å². The molecule has 0 aliphatic heterocycles. The molecule has 0 bridgehead atoms. The highest BCUT2D eigenvalue weighted by Crippen LogP contribution is 2.23. The van der Waals surface area contributed by atoms with E-state index < -0.39 is 0 Å². The zero-order chi connectivity index (χ0) is 13.2. The Kier molecular flexibility index (Phi) is 2.75. The van der Waals surface area contributed by atoms with Gasteiger partial charge in [0.2, 0.25) is 0 Å². The molecule has 0 aliphatic carbocycles. The lowest BCUT2D eigenvalue weighted by molar-refractivity contribution is 1.07. The number of fused-ring (bicyclic) bond motifs is 1. The molecule has 4 heteroatoms. The molecule has 0 fully saturated rings. The molecule has 0 aliphatic rings. The van der Waals surface area contributed by atoms with Crippen LogP contribution in [0, 0.1) is 11.3 Å².